The number of nitrogens with zero attached hydrogens (tertiary/aromatic N) is 2. The summed E-state index contributed by atoms with van der Waals surface area (Å²) in [6.45, 7) is 1.52. The standard InChI is InChI=1S/C25H25FN2O5/c1-30-20-5-2-4-17(12-20)22-13-23(33-27-22)24(29)28-11-3-10-25(16-28)14-21(15-31-25)32-19-8-6-18(26)7-9-19/h2,4-9,12-13,21H,3,10-11,14-16H2,1H3/t21-,25+/m1/s1. The number of hydrogen-bond acceptors (Lipinski definition) is 6. The minimum absolute atomic E-state index is 0.143. The molecule has 2 aliphatic heterocycles. The number of rotatable bonds is 5. The molecular formula is C25H25FN2O5. The normalized spacial score (nSPS) is 22.5. The van der Waals surface area contributed by atoms with E-state index in [0.717, 1.165) is 18.4 Å². The third-order valence-electron chi connectivity index (χ3n) is 6.20. The Morgan fingerprint density at radius 1 is 1.18 bits per heavy atom. The zero-order valence-electron chi connectivity index (χ0n) is 18.3. The van der Waals surface area contributed by atoms with Crippen LogP contribution >= 0.6 is 0 Å². The van der Waals surface area contributed by atoms with E-state index in [9.17, 15) is 9.18 Å². The minimum atomic E-state index is -0.450. The SMILES string of the molecule is COc1cccc(-c2cc(C(=O)N3CCC[C@]4(C[C@@H](Oc5ccc(F)cc5)CO4)C3)on2)c1. The van der Waals surface area contributed by atoms with E-state index in [1.54, 1.807) is 30.2 Å². The second kappa shape index (κ2) is 8.86. The molecule has 2 saturated heterocycles. The summed E-state index contributed by atoms with van der Waals surface area (Å²) >= 11 is 0. The number of methoxy groups -OCH3 is 1. The van der Waals surface area contributed by atoms with Crippen LogP contribution in [0.2, 0.25) is 0 Å². The zero-order valence-corrected chi connectivity index (χ0v) is 18.3. The number of aromatic nitrogens is 1. The highest BCUT2D eigenvalue weighted by molar-refractivity contribution is 5.92. The molecular weight excluding hydrogens is 427 g/mol. The zero-order chi connectivity index (χ0) is 22.8. The Bertz CT molecular complexity index is 1130. The molecule has 5 rings (SSSR count). The van der Waals surface area contributed by atoms with Gasteiger partial charge in [0.1, 0.15) is 29.1 Å². The van der Waals surface area contributed by atoms with Crippen molar-refractivity contribution >= 4 is 5.91 Å². The van der Waals surface area contributed by atoms with E-state index in [1.807, 2.05) is 24.3 Å². The third-order valence-corrected chi connectivity index (χ3v) is 6.20. The molecule has 0 aliphatic carbocycles. The first kappa shape index (κ1) is 21.5. The predicted molar refractivity (Wildman–Crippen MR) is 118 cm³/mol. The average Bonchev–Trinajstić information content (AvgIpc) is 3.48. The van der Waals surface area contributed by atoms with Gasteiger partial charge in [0, 0.05) is 24.6 Å². The van der Waals surface area contributed by atoms with E-state index in [4.69, 9.17) is 18.7 Å². The molecule has 0 radical (unpaired) electrons. The van der Waals surface area contributed by atoms with Crippen molar-refractivity contribution in [3.05, 3.63) is 66.2 Å². The molecule has 1 spiro atoms. The molecule has 0 saturated carbocycles. The summed E-state index contributed by atoms with van der Waals surface area (Å²) < 4.78 is 35.9. The quantitative estimate of drug-likeness (QED) is 0.574. The molecule has 1 amide bonds. The van der Waals surface area contributed by atoms with Crippen LogP contribution in [0.3, 0.4) is 0 Å². The molecule has 3 aromatic rings. The van der Waals surface area contributed by atoms with Crippen LogP contribution in [-0.4, -0.2) is 54.5 Å². The van der Waals surface area contributed by atoms with Crippen molar-refractivity contribution in [2.24, 2.45) is 0 Å². The highest BCUT2D eigenvalue weighted by atomic mass is 19.1. The number of piperidine rings is 1. The molecule has 3 heterocycles. The van der Waals surface area contributed by atoms with Crippen molar-refractivity contribution in [1.29, 1.82) is 0 Å². The van der Waals surface area contributed by atoms with Gasteiger partial charge in [-0.25, -0.2) is 4.39 Å². The molecule has 2 atom stereocenters. The number of ether oxygens (including phenoxy) is 3. The molecule has 2 fully saturated rings. The number of benzene rings is 2. The van der Waals surface area contributed by atoms with E-state index < -0.39 is 5.60 Å². The van der Waals surface area contributed by atoms with Gasteiger partial charge in [-0.3, -0.25) is 4.79 Å². The summed E-state index contributed by atoms with van der Waals surface area (Å²) in [5, 5.41) is 4.08. The van der Waals surface area contributed by atoms with E-state index in [1.165, 1.54) is 12.1 Å². The Hall–Kier alpha value is -3.39. The maximum absolute atomic E-state index is 13.2. The maximum Gasteiger partial charge on any atom is 0.292 e. The van der Waals surface area contributed by atoms with Gasteiger partial charge in [0.15, 0.2) is 0 Å². The number of halogens is 1. The molecule has 0 unspecified atom stereocenters. The Morgan fingerprint density at radius 2 is 2.03 bits per heavy atom. The highest BCUT2D eigenvalue weighted by Crippen LogP contribution is 2.37. The molecule has 0 N–H and O–H groups in total. The van der Waals surface area contributed by atoms with Gasteiger partial charge in [-0.2, -0.15) is 0 Å². The number of carbonyl (C=O) groups is 1. The van der Waals surface area contributed by atoms with Crippen molar-refractivity contribution in [2.75, 3.05) is 26.8 Å². The van der Waals surface area contributed by atoms with Crippen LogP contribution in [0.1, 0.15) is 29.8 Å². The van der Waals surface area contributed by atoms with Crippen molar-refractivity contribution < 1.29 is 27.9 Å². The van der Waals surface area contributed by atoms with Crippen LogP contribution in [0.25, 0.3) is 11.3 Å². The summed E-state index contributed by atoms with van der Waals surface area (Å²) in [6, 6.07) is 15.1. The van der Waals surface area contributed by atoms with Crippen LogP contribution in [0.5, 0.6) is 11.5 Å². The van der Waals surface area contributed by atoms with Crippen LogP contribution in [-0.2, 0) is 4.74 Å². The van der Waals surface area contributed by atoms with Crippen molar-refractivity contribution in [1.82, 2.24) is 10.1 Å². The fourth-order valence-electron chi connectivity index (χ4n) is 4.59. The lowest BCUT2D eigenvalue weighted by molar-refractivity contribution is -0.0460. The monoisotopic (exact) mass is 452 g/mol. The van der Waals surface area contributed by atoms with Crippen LogP contribution < -0.4 is 9.47 Å². The highest BCUT2D eigenvalue weighted by Gasteiger charge is 2.46. The van der Waals surface area contributed by atoms with Crippen LogP contribution in [0.15, 0.2) is 59.1 Å². The first-order valence-corrected chi connectivity index (χ1v) is 11.0. The van der Waals surface area contributed by atoms with Gasteiger partial charge in [-0.05, 0) is 49.2 Å². The maximum atomic E-state index is 13.2. The van der Waals surface area contributed by atoms with Gasteiger partial charge in [-0.15, -0.1) is 0 Å². The molecule has 33 heavy (non-hydrogen) atoms. The number of carbonyl (C=O) groups excluding carboxylic acids is 1. The summed E-state index contributed by atoms with van der Waals surface area (Å²) in [6.07, 6.45) is 2.20. The summed E-state index contributed by atoms with van der Waals surface area (Å²) in [5.41, 5.74) is 0.940. The fourth-order valence-corrected chi connectivity index (χ4v) is 4.59. The average molecular weight is 452 g/mol. The first-order chi connectivity index (χ1) is 16.0. The van der Waals surface area contributed by atoms with E-state index in [0.29, 0.717) is 43.3 Å². The lowest BCUT2D eigenvalue weighted by atomic mass is 9.89. The van der Waals surface area contributed by atoms with E-state index in [-0.39, 0.29) is 23.6 Å². The lowest BCUT2D eigenvalue weighted by Crippen LogP contribution is -2.50. The predicted octanol–water partition coefficient (Wildman–Crippen LogP) is 4.33. The second-order valence-electron chi connectivity index (χ2n) is 8.53. The summed E-state index contributed by atoms with van der Waals surface area (Å²) in [4.78, 5) is 14.9. The van der Waals surface area contributed by atoms with Crippen molar-refractivity contribution in [3.8, 4) is 22.8 Å². The second-order valence-corrected chi connectivity index (χ2v) is 8.53. The summed E-state index contributed by atoms with van der Waals surface area (Å²) in [7, 11) is 1.60. The van der Waals surface area contributed by atoms with Gasteiger partial charge in [0.05, 0.1) is 25.9 Å². The van der Waals surface area contributed by atoms with Gasteiger partial charge < -0.3 is 23.6 Å². The first-order valence-electron chi connectivity index (χ1n) is 11.0. The molecule has 8 heteroatoms. The smallest absolute Gasteiger partial charge is 0.292 e. The Morgan fingerprint density at radius 3 is 2.85 bits per heavy atom. The number of likely N-dealkylation sites (tertiary alicyclic amines) is 1. The summed E-state index contributed by atoms with van der Waals surface area (Å²) in [5.74, 6) is 1.00. The Kier molecular flexibility index (Phi) is 5.76. The number of amides is 1. The van der Waals surface area contributed by atoms with Crippen molar-refractivity contribution in [2.45, 2.75) is 31.0 Å². The van der Waals surface area contributed by atoms with Gasteiger partial charge in [0.2, 0.25) is 5.76 Å². The van der Waals surface area contributed by atoms with E-state index in [2.05, 4.69) is 5.16 Å². The van der Waals surface area contributed by atoms with Crippen molar-refractivity contribution in [3.63, 3.8) is 0 Å². The Balaban J connectivity index is 1.25. The topological polar surface area (TPSA) is 74.0 Å². The number of hydrogen-bond donors (Lipinski definition) is 0. The lowest BCUT2D eigenvalue weighted by Gasteiger charge is -2.39. The van der Waals surface area contributed by atoms with Gasteiger partial charge in [0.25, 0.3) is 5.91 Å². The third kappa shape index (κ3) is 4.57. The van der Waals surface area contributed by atoms with Crippen LogP contribution in [0, 0.1) is 5.82 Å². The Labute approximate surface area is 191 Å². The molecule has 172 valence electrons. The van der Waals surface area contributed by atoms with E-state index >= 15 is 0 Å². The molecule has 2 aromatic carbocycles. The van der Waals surface area contributed by atoms with Gasteiger partial charge >= 0.3 is 0 Å². The molecule has 0 bridgehead atoms. The largest absolute Gasteiger partial charge is 0.497 e. The molecule has 1 aromatic heterocycles. The fraction of sp³-hybridized carbons (Fsp3) is 0.360. The molecule has 7 nitrogen and oxygen atoms in total. The van der Waals surface area contributed by atoms with Crippen LogP contribution in [0.4, 0.5) is 4.39 Å². The minimum Gasteiger partial charge on any atom is -0.497 e. The molecule has 2 aliphatic rings. The van der Waals surface area contributed by atoms with Gasteiger partial charge in [-0.1, -0.05) is 17.3 Å².